The van der Waals surface area contributed by atoms with Crippen LogP contribution < -0.4 is 5.32 Å². The van der Waals surface area contributed by atoms with Crippen LogP contribution in [0.5, 0.6) is 0 Å². The second-order valence-electron chi connectivity index (χ2n) is 6.16. The molecule has 2 aliphatic rings. The molecule has 4 rings (SSSR count). The highest BCUT2D eigenvalue weighted by Gasteiger charge is 2.36. The molecule has 22 heavy (non-hydrogen) atoms. The lowest BCUT2D eigenvalue weighted by Crippen LogP contribution is -2.35. The van der Waals surface area contributed by atoms with Crippen molar-refractivity contribution in [3.63, 3.8) is 0 Å². The van der Waals surface area contributed by atoms with E-state index in [4.69, 9.17) is 9.26 Å². The molecule has 0 bridgehead atoms. The maximum atomic E-state index is 5.89. The summed E-state index contributed by atoms with van der Waals surface area (Å²) in [7, 11) is 0. The van der Waals surface area contributed by atoms with Gasteiger partial charge in [0.2, 0.25) is 0 Å². The van der Waals surface area contributed by atoms with E-state index in [0.29, 0.717) is 23.9 Å². The normalized spacial score (nSPS) is 25.1. The summed E-state index contributed by atoms with van der Waals surface area (Å²) >= 11 is 0. The van der Waals surface area contributed by atoms with E-state index < -0.39 is 0 Å². The van der Waals surface area contributed by atoms with Crippen LogP contribution >= 0.6 is 0 Å². The molecule has 1 aliphatic heterocycles. The van der Waals surface area contributed by atoms with Gasteiger partial charge in [-0.05, 0) is 50.7 Å². The molecule has 1 saturated carbocycles. The predicted molar refractivity (Wildman–Crippen MR) is 81.4 cm³/mol. The van der Waals surface area contributed by atoms with Gasteiger partial charge < -0.3 is 14.6 Å². The fraction of sp³-hybridized carbons (Fsp3) is 0.562. The molecule has 1 aliphatic carbocycles. The predicted octanol–water partition coefficient (Wildman–Crippen LogP) is 2.81. The lowest BCUT2D eigenvalue weighted by atomic mass is 10.00. The van der Waals surface area contributed by atoms with E-state index in [1.807, 2.05) is 19.1 Å². The number of ether oxygens (including phenoxy) is 1. The first kappa shape index (κ1) is 13.7. The maximum Gasteiger partial charge on any atom is 0.261 e. The van der Waals surface area contributed by atoms with Gasteiger partial charge in [-0.15, -0.1) is 0 Å². The van der Waals surface area contributed by atoms with Crippen LogP contribution in [0.4, 0.5) is 5.82 Å². The van der Waals surface area contributed by atoms with Crippen LogP contribution in [0.2, 0.25) is 0 Å². The third-order valence-electron chi connectivity index (χ3n) is 4.37. The molecule has 2 atom stereocenters. The molecule has 116 valence electrons. The summed E-state index contributed by atoms with van der Waals surface area (Å²) in [6, 6.07) is 4.23. The largest absolute Gasteiger partial charge is 0.378 e. The monoisotopic (exact) mass is 300 g/mol. The van der Waals surface area contributed by atoms with Crippen molar-refractivity contribution in [1.82, 2.24) is 15.1 Å². The van der Waals surface area contributed by atoms with Crippen molar-refractivity contribution in [1.29, 1.82) is 0 Å². The van der Waals surface area contributed by atoms with Gasteiger partial charge >= 0.3 is 0 Å². The van der Waals surface area contributed by atoms with Crippen LogP contribution in [0.15, 0.2) is 22.9 Å². The number of hydrogen-bond acceptors (Lipinski definition) is 6. The molecule has 3 heterocycles. The molecule has 1 saturated heterocycles. The minimum Gasteiger partial charge on any atom is -0.378 e. The summed E-state index contributed by atoms with van der Waals surface area (Å²) in [6.45, 7) is 2.63. The summed E-state index contributed by atoms with van der Waals surface area (Å²) in [5.74, 6) is 2.72. The van der Waals surface area contributed by atoms with Crippen LogP contribution in [0.25, 0.3) is 11.5 Å². The molecule has 0 aromatic carbocycles. The summed E-state index contributed by atoms with van der Waals surface area (Å²) in [5.41, 5.74) is 0.859. The third-order valence-corrected chi connectivity index (χ3v) is 4.37. The van der Waals surface area contributed by atoms with Gasteiger partial charge in [0.1, 0.15) is 5.82 Å². The van der Waals surface area contributed by atoms with Crippen molar-refractivity contribution in [3.8, 4) is 11.5 Å². The van der Waals surface area contributed by atoms with Crippen LogP contribution in [0.1, 0.15) is 31.5 Å². The van der Waals surface area contributed by atoms with Gasteiger partial charge in [-0.3, -0.25) is 0 Å². The zero-order valence-corrected chi connectivity index (χ0v) is 12.7. The van der Waals surface area contributed by atoms with Crippen molar-refractivity contribution in [2.24, 2.45) is 5.92 Å². The highest BCUT2D eigenvalue weighted by atomic mass is 16.5. The van der Waals surface area contributed by atoms with E-state index >= 15 is 0 Å². The minimum atomic E-state index is 0.386. The smallest absolute Gasteiger partial charge is 0.261 e. The SMILES string of the molecule is Cc1noc(-c2cccnc2NC2CCOC(C3CC3)C2)n1. The first-order chi connectivity index (χ1) is 10.8. The molecule has 2 unspecified atom stereocenters. The van der Waals surface area contributed by atoms with Gasteiger partial charge in [-0.2, -0.15) is 4.98 Å². The topological polar surface area (TPSA) is 73.1 Å². The highest BCUT2D eigenvalue weighted by molar-refractivity contribution is 5.68. The number of rotatable bonds is 4. The summed E-state index contributed by atoms with van der Waals surface area (Å²) in [6.07, 6.45) is 6.86. The average Bonchev–Trinajstić information content (AvgIpc) is 3.30. The quantitative estimate of drug-likeness (QED) is 0.936. The Bertz CT molecular complexity index is 653. The van der Waals surface area contributed by atoms with Gasteiger partial charge in [0.15, 0.2) is 5.82 Å². The standard InChI is InChI=1S/C16H20N4O2/c1-10-18-16(22-20-10)13-3-2-7-17-15(13)19-12-6-8-21-14(9-12)11-4-5-11/h2-3,7,11-12,14H,4-6,8-9H2,1H3,(H,17,19). The van der Waals surface area contributed by atoms with E-state index in [1.54, 1.807) is 6.20 Å². The molecular weight excluding hydrogens is 280 g/mol. The third kappa shape index (κ3) is 2.83. The summed E-state index contributed by atoms with van der Waals surface area (Å²) < 4.78 is 11.2. The first-order valence-electron chi connectivity index (χ1n) is 7.93. The Morgan fingerprint density at radius 3 is 2.95 bits per heavy atom. The van der Waals surface area contributed by atoms with Gasteiger partial charge in [-0.25, -0.2) is 4.98 Å². The molecular formula is C16H20N4O2. The number of anilines is 1. The van der Waals surface area contributed by atoms with Crippen molar-refractivity contribution < 1.29 is 9.26 Å². The van der Waals surface area contributed by atoms with Crippen LogP contribution in [-0.4, -0.2) is 33.9 Å². The van der Waals surface area contributed by atoms with Gasteiger partial charge in [0.05, 0.1) is 11.7 Å². The number of hydrogen-bond donors (Lipinski definition) is 1. The Morgan fingerprint density at radius 1 is 1.27 bits per heavy atom. The molecule has 6 nitrogen and oxygen atoms in total. The van der Waals surface area contributed by atoms with Gasteiger partial charge in [-0.1, -0.05) is 5.16 Å². The zero-order valence-electron chi connectivity index (χ0n) is 12.7. The van der Waals surface area contributed by atoms with E-state index in [2.05, 4.69) is 20.4 Å². The van der Waals surface area contributed by atoms with E-state index in [9.17, 15) is 0 Å². The second kappa shape index (κ2) is 5.68. The lowest BCUT2D eigenvalue weighted by molar-refractivity contribution is -0.00222. The molecule has 2 aromatic rings. The van der Waals surface area contributed by atoms with E-state index in [-0.39, 0.29) is 0 Å². The summed E-state index contributed by atoms with van der Waals surface area (Å²) in [5, 5.41) is 7.41. The Morgan fingerprint density at radius 2 is 2.18 bits per heavy atom. The van der Waals surface area contributed by atoms with Crippen LogP contribution in [0.3, 0.4) is 0 Å². The lowest BCUT2D eigenvalue weighted by Gasteiger charge is -2.30. The number of nitrogens with zero attached hydrogens (tertiary/aromatic N) is 3. The van der Waals surface area contributed by atoms with Gasteiger partial charge in [0.25, 0.3) is 5.89 Å². The highest BCUT2D eigenvalue weighted by Crippen LogP contribution is 2.38. The van der Waals surface area contributed by atoms with Crippen molar-refractivity contribution in [2.45, 2.75) is 44.8 Å². The molecule has 0 radical (unpaired) electrons. The van der Waals surface area contributed by atoms with Crippen molar-refractivity contribution in [2.75, 3.05) is 11.9 Å². The van der Waals surface area contributed by atoms with Crippen LogP contribution in [-0.2, 0) is 4.74 Å². The van der Waals surface area contributed by atoms with Crippen molar-refractivity contribution >= 4 is 5.82 Å². The Labute approximate surface area is 129 Å². The number of pyridine rings is 1. The molecule has 2 fully saturated rings. The number of aromatic nitrogens is 3. The van der Waals surface area contributed by atoms with Crippen LogP contribution in [0, 0.1) is 12.8 Å². The first-order valence-corrected chi connectivity index (χ1v) is 7.93. The fourth-order valence-electron chi connectivity index (χ4n) is 3.05. The maximum absolute atomic E-state index is 5.89. The number of nitrogens with one attached hydrogen (secondary N) is 1. The average molecular weight is 300 g/mol. The molecule has 0 amide bonds. The van der Waals surface area contributed by atoms with Gasteiger partial charge in [0, 0.05) is 18.8 Å². The Balaban J connectivity index is 1.52. The molecule has 2 aromatic heterocycles. The molecule has 0 spiro atoms. The zero-order chi connectivity index (χ0) is 14.9. The molecule has 6 heteroatoms. The second-order valence-corrected chi connectivity index (χ2v) is 6.16. The molecule has 1 N–H and O–H groups in total. The number of aryl methyl sites for hydroxylation is 1. The van der Waals surface area contributed by atoms with Crippen molar-refractivity contribution in [3.05, 3.63) is 24.2 Å². The fourth-order valence-corrected chi connectivity index (χ4v) is 3.05. The Hall–Kier alpha value is -1.95. The Kier molecular flexibility index (Phi) is 3.54. The van der Waals surface area contributed by atoms with E-state index in [0.717, 1.165) is 36.7 Å². The minimum absolute atomic E-state index is 0.386. The van der Waals surface area contributed by atoms with E-state index in [1.165, 1.54) is 12.8 Å². The summed E-state index contributed by atoms with van der Waals surface area (Å²) in [4.78, 5) is 8.77.